The lowest BCUT2D eigenvalue weighted by Crippen LogP contribution is -2.45. The zero-order valence-corrected chi connectivity index (χ0v) is 10.4. The van der Waals surface area contributed by atoms with Crippen LogP contribution in [0.5, 0.6) is 0 Å². The molecular formula is C14H18ClN. The quantitative estimate of drug-likeness (QED) is 0.830. The molecule has 2 heteroatoms. The van der Waals surface area contributed by atoms with Crippen LogP contribution >= 0.6 is 11.6 Å². The van der Waals surface area contributed by atoms with Crippen molar-refractivity contribution in [3.63, 3.8) is 0 Å². The topological polar surface area (TPSA) is 12.0 Å². The second-order valence-electron chi connectivity index (χ2n) is 5.46. The van der Waals surface area contributed by atoms with Crippen molar-refractivity contribution >= 4 is 11.6 Å². The highest BCUT2D eigenvalue weighted by atomic mass is 35.5. The highest BCUT2D eigenvalue weighted by Crippen LogP contribution is 2.30. The molecule has 0 amide bonds. The second-order valence-corrected chi connectivity index (χ2v) is 5.89. The third-order valence-electron chi connectivity index (χ3n) is 3.95. The fraction of sp³-hybridized carbons (Fsp3) is 0.571. The second kappa shape index (κ2) is 4.05. The van der Waals surface area contributed by atoms with Crippen molar-refractivity contribution in [1.29, 1.82) is 0 Å². The first kappa shape index (κ1) is 10.6. The van der Waals surface area contributed by atoms with Gasteiger partial charge in [-0.1, -0.05) is 24.6 Å². The monoisotopic (exact) mass is 235 g/mol. The molecule has 1 unspecified atom stereocenters. The van der Waals surface area contributed by atoms with E-state index in [0.29, 0.717) is 6.04 Å². The van der Waals surface area contributed by atoms with Crippen molar-refractivity contribution in [3.8, 4) is 0 Å². The number of benzene rings is 1. The number of hydrogen-bond donors (Lipinski definition) is 1. The van der Waals surface area contributed by atoms with Gasteiger partial charge in [-0.25, -0.2) is 0 Å². The molecule has 1 aromatic rings. The van der Waals surface area contributed by atoms with Crippen molar-refractivity contribution in [1.82, 2.24) is 5.32 Å². The van der Waals surface area contributed by atoms with Gasteiger partial charge in [-0.3, -0.25) is 0 Å². The van der Waals surface area contributed by atoms with Crippen molar-refractivity contribution in [3.05, 3.63) is 34.3 Å². The van der Waals surface area contributed by atoms with Crippen LogP contribution in [0.15, 0.2) is 18.2 Å². The van der Waals surface area contributed by atoms with Crippen LogP contribution in [0.25, 0.3) is 0 Å². The third kappa shape index (κ3) is 1.99. The molecule has 0 bridgehead atoms. The molecule has 0 saturated heterocycles. The lowest BCUT2D eigenvalue weighted by Gasteiger charge is -2.35. The largest absolute Gasteiger partial charge is 0.311 e. The van der Waals surface area contributed by atoms with Crippen LogP contribution < -0.4 is 5.32 Å². The molecule has 1 nitrogen and oxygen atoms in total. The van der Waals surface area contributed by atoms with Gasteiger partial charge in [0.25, 0.3) is 0 Å². The summed E-state index contributed by atoms with van der Waals surface area (Å²) in [5.74, 6) is 0.927. The summed E-state index contributed by atoms with van der Waals surface area (Å²) in [6.07, 6.45) is 5.04. The Hall–Kier alpha value is -0.530. The van der Waals surface area contributed by atoms with Gasteiger partial charge in [0.05, 0.1) is 0 Å². The first-order chi connectivity index (χ1) is 7.70. The summed E-state index contributed by atoms with van der Waals surface area (Å²) in [7, 11) is 0. The Labute approximate surface area is 102 Å². The van der Waals surface area contributed by atoms with Crippen LogP contribution in [0.3, 0.4) is 0 Å². The molecule has 1 aromatic carbocycles. The normalized spacial score (nSPS) is 32.2. The molecule has 1 fully saturated rings. The van der Waals surface area contributed by atoms with Gasteiger partial charge in [0.15, 0.2) is 0 Å². The fourth-order valence-electron chi connectivity index (χ4n) is 3.08. The summed E-state index contributed by atoms with van der Waals surface area (Å²) in [5, 5.41) is 4.64. The van der Waals surface area contributed by atoms with Crippen LogP contribution in [0.1, 0.15) is 30.9 Å². The van der Waals surface area contributed by atoms with Crippen LogP contribution in [0.2, 0.25) is 5.02 Å². The highest BCUT2D eigenvalue weighted by molar-refractivity contribution is 6.30. The summed E-state index contributed by atoms with van der Waals surface area (Å²) >= 11 is 6.01. The van der Waals surface area contributed by atoms with E-state index in [1.807, 2.05) is 6.07 Å². The maximum absolute atomic E-state index is 6.01. The average Bonchev–Trinajstić information content (AvgIpc) is 2.57. The van der Waals surface area contributed by atoms with Crippen LogP contribution in [-0.2, 0) is 12.8 Å². The van der Waals surface area contributed by atoms with E-state index in [0.717, 1.165) is 23.4 Å². The van der Waals surface area contributed by atoms with Crippen LogP contribution in [-0.4, -0.2) is 12.1 Å². The molecule has 0 spiro atoms. The summed E-state index contributed by atoms with van der Waals surface area (Å²) in [4.78, 5) is 0. The van der Waals surface area contributed by atoms with E-state index in [1.54, 1.807) is 0 Å². The molecule has 1 atom stereocenters. The van der Waals surface area contributed by atoms with E-state index in [9.17, 15) is 0 Å². The van der Waals surface area contributed by atoms with E-state index in [-0.39, 0.29) is 0 Å². The predicted octanol–water partition coefficient (Wildman–Crippen LogP) is 3.20. The van der Waals surface area contributed by atoms with Crippen molar-refractivity contribution in [2.24, 2.45) is 5.92 Å². The molecule has 0 aliphatic heterocycles. The Bertz CT molecular complexity index is 396. The molecular weight excluding hydrogens is 218 g/mol. The maximum atomic E-state index is 6.01. The van der Waals surface area contributed by atoms with Gasteiger partial charge >= 0.3 is 0 Å². The van der Waals surface area contributed by atoms with Gasteiger partial charge in [-0.15, -0.1) is 0 Å². The lowest BCUT2D eigenvalue weighted by molar-refractivity contribution is 0.223. The molecule has 0 aromatic heterocycles. The van der Waals surface area contributed by atoms with E-state index in [1.165, 1.54) is 30.4 Å². The number of hydrogen-bond acceptors (Lipinski definition) is 1. The summed E-state index contributed by atoms with van der Waals surface area (Å²) in [5.41, 5.74) is 2.92. The Morgan fingerprint density at radius 3 is 2.62 bits per heavy atom. The minimum atomic E-state index is 0.644. The zero-order chi connectivity index (χ0) is 11.1. The van der Waals surface area contributed by atoms with E-state index in [2.05, 4.69) is 24.4 Å². The third-order valence-corrected chi connectivity index (χ3v) is 4.18. The van der Waals surface area contributed by atoms with Gasteiger partial charge in [-0.05, 0) is 54.9 Å². The molecule has 1 saturated carbocycles. The van der Waals surface area contributed by atoms with E-state index >= 15 is 0 Å². The number of fused-ring (bicyclic) bond motifs is 1. The van der Waals surface area contributed by atoms with Gasteiger partial charge in [-0.2, -0.15) is 0 Å². The average molecular weight is 236 g/mol. The number of nitrogens with one attached hydrogen (secondary N) is 1. The number of rotatable bonds is 2. The SMILES string of the molecule is CC1CC(NC2Cc3ccc(Cl)cc3C2)C1. The standard InChI is InChI=1S/C14H18ClN/c1-9-4-13(5-9)16-14-7-10-2-3-12(15)6-11(10)8-14/h2-3,6,9,13-14,16H,4-5,7-8H2,1H3. The van der Waals surface area contributed by atoms with E-state index in [4.69, 9.17) is 11.6 Å². The molecule has 0 radical (unpaired) electrons. The molecule has 2 aliphatic rings. The first-order valence-corrected chi connectivity index (χ1v) is 6.62. The Morgan fingerprint density at radius 1 is 1.12 bits per heavy atom. The van der Waals surface area contributed by atoms with Crippen LogP contribution in [0, 0.1) is 5.92 Å². The fourth-order valence-corrected chi connectivity index (χ4v) is 3.27. The molecule has 0 heterocycles. The van der Waals surface area contributed by atoms with Gasteiger partial charge in [0.2, 0.25) is 0 Å². The molecule has 16 heavy (non-hydrogen) atoms. The lowest BCUT2D eigenvalue weighted by atomic mass is 9.81. The summed E-state index contributed by atoms with van der Waals surface area (Å²) in [6, 6.07) is 7.73. The predicted molar refractivity (Wildman–Crippen MR) is 68.0 cm³/mol. The van der Waals surface area contributed by atoms with E-state index < -0.39 is 0 Å². The Morgan fingerprint density at radius 2 is 1.88 bits per heavy atom. The molecule has 2 aliphatic carbocycles. The van der Waals surface area contributed by atoms with Gasteiger partial charge in [0, 0.05) is 17.1 Å². The Balaban J connectivity index is 1.62. The zero-order valence-electron chi connectivity index (χ0n) is 9.67. The van der Waals surface area contributed by atoms with Gasteiger partial charge in [0.1, 0.15) is 0 Å². The van der Waals surface area contributed by atoms with Crippen molar-refractivity contribution in [2.45, 2.75) is 44.7 Å². The summed E-state index contributed by atoms with van der Waals surface area (Å²) in [6.45, 7) is 2.33. The highest BCUT2D eigenvalue weighted by Gasteiger charge is 2.29. The molecule has 86 valence electrons. The minimum Gasteiger partial charge on any atom is -0.311 e. The molecule has 3 rings (SSSR count). The van der Waals surface area contributed by atoms with Gasteiger partial charge < -0.3 is 5.32 Å². The van der Waals surface area contributed by atoms with Crippen molar-refractivity contribution < 1.29 is 0 Å². The Kier molecular flexibility index (Phi) is 2.68. The number of halogens is 1. The molecule has 1 N–H and O–H groups in total. The van der Waals surface area contributed by atoms with Crippen LogP contribution in [0.4, 0.5) is 0 Å². The first-order valence-electron chi connectivity index (χ1n) is 6.24. The maximum Gasteiger partial charge on any atom is 0.0408 e. The van der Waals surface area contributed by atoms with Crippen molar-refractivity contribution in [2.75, 3.05) is 0 Å². The minimum absolute atomic E-state index is 0.644. The summed E-state index contributed by atoms with van der Waals surface area (Å²) < 4.78 is 0. The smallest absolute Gasteiger partial charge is 0.0408 e.